The lowest BCUT2D eigenvalue weighted by molar-refractivity contribution is -0.137. The Bertz CT molecular complexity index is 1100. The molecule has 30 heavy (non-hydrogen) atoms. The highest BCUT2D eigenvalue weighted by Gasteiger charge is 2.29. The number of aryl methyl sites for hydroxylation is 3. The minimum absolute atomic E-state index is 0.0958. The van der Waals surface area contributed by atoms with Gasteiger partial charge in [-0.2, -0.15) is 13.2 Å². The van der Waals surface area contributed by atoms with E-state index >= 15 is 0 Å². The molecular weight excluding hydrogens is 481 g/mol. The topological polar surface area (TPSA) is 50.4 Å². The van der Waals surface area contributed by atoms with Gasteiger partial charge in [-0.15, -0.1) is 11.8 Å². The molecule has 0 saturated carbocycles. The third-order valence-electron chi connectivity index (χ3n) is 4.46. The van der Waals surface area contributed by atoms with Crippen LogP contribution in [-0.2, 0) is 12.6 Å². The summed E-state index contributed by atoms with van der Waals surface area (Å²) >= 11 is 4.78. The van der Waals surface area contributed by atoms with Crippen LogP contribution in [0.3, 0.4) is 0 Å². The lowest BCUT2D eigenvalue weighted by Crippen LogP contribution is -2.07. The first-order valence-electron chi connectivity index (χ1n) is 8.99. The summed E-state index contributed by atoms with van der Waals surface area (Å²) in [5.74, 6) is 0.607. The molecule has 0 aliphatic rings. The van der Waals surface area contributed by atoms with Crippen LogP contribution < -0.4 is 5.63 Å². The summed E-state index contributed by atoms with van der Waals surface area (Å²) in [5, 5.41) is 10.5. The molecule has 0 amide bonds. The van der Waals surface area contributed by atoms with E-state index < -0.39 is 17.4 Å². The van der Waals surface area contributed by atoms with Crippen molar-refractivity contribution in [3.8, 4) is 16.9 Å². The van der Waals surface area contributed by atoms with Crippen LogP contribution >= 0.6 is 27.7 Å². The molecule has 2 aromatic carbocycles. The van der Waals surface area contributed by atoms with E-state index in [1.165, 1.54) is 30.0 Å². The Labute approximate surface area is 184 Å². The lowest BCUT2D eigenvalue weighted by atomic mass is 9.99. The van der Waals surface area contributed by atoms with Gasteiger partial charge in [0.05, 0.1) is 5.56 Å². The van der Waals surface area contributed by atoms with E-state index in [1.54, 1.807) is 0 Å². The molecule has 158 valence electrons. The third-order valence-corrected chi connectivity index (χ3v) is 6.10. The highest BCUT2D eigenvalue weighted by molar-refractivity contribution is 9.10. The highest BCUT2D eigenvalue weighted by Crippen LogP contribution is 2.36. The van der Waals surface area contributed by atoms with Gasteiger partial charge in [0.1, 0.15) is 17.1 Å². The maximum atomic E-state index is 12.6. The molecule has 0 atom stereocenters. The van der Waals surface area contributed by atoms with Crippen molar-refractivity contribution in [2.24, 2.45) is 0 Å². The number of hydrogen-bond acceptors (Lipinski definition) is 4. The Morgan fingerprint density at radius 1 is 1.07 bits per heavy atom. The van der Waals surface area contributed by atoms with Gasteiger partial charge >= 0.3 is 11.8 Å². The zero-order chi connectivity index (χ0) is 22.1. The molecule has 0 aliphatic carbocycles. The Morgan fingerprint density at radius 2 is 1.73 bits per heavy atom. The average Bonchev–Trinajstić information content (AvgIpc) is 2.63. The molecule has 0 saturated heterocycles. The molecule has 0 bridgehead atoms. The van der Waals surface area contributed by atoms with Gasteiger partial charge in [0.25, 0.3) is 0 Å². The largest absolute Gasteiger partial charge is 0.507 e. The number of benzene rings is 2. The second-order valence-corrected chi connectivity index (χ2v) is 8.84. The van der Waals surface area contributed by atoms with Crippen LogP contribution in [0.1, 0.15) is 22.5 Å². The number of rotatable bonds is 5. The highest BCUT2D eigenvalue weighted by atomic mass is 79.9. The van der Waals surface area contributed by atoms with Crippen LogP contribution in [0, 0.1) is 13.8 Å². The van der Waals surface area contributed by atoms with Gasteiger partial charge in [-0.25, -0.2) is 4.79 Å². The van der Waals surface area contributed by atoms with Gasteiger partial charge in [-0.1, -0.05) is 22.0 Å². The molecule has 0 aliphatic heterocycles. The van der Waals surface area contributed by atoms with Crippen molar-refractivity contribution in [3.05, 3.63) is 79.8 Å². The van der Waals surface area contributed by atoms with E-state index in [2.05, 4.69) is 15.9 Å². The molecular formula is C22H18BrF3O3S. The fourth-order valence-electron chi connectivity index (χ4n) is 3.12. The van der Waals surface area contributed by atoms with E-state index in [0.29, 0.717) is 32.9 Å². The Kier molecular flexibility index (Phi) is 6.67. The van der Waals surface area contributed by atoms with Crippen molar-refractivity contribution in [1.82, 2.24) is 0 Å². The van der Waals surface area contributed by atoms with Crippen molar-refractivity contribution in [3.63, 3.8) is 0 Å². The van der Waals surface area contributed by atoms with E-state index in [9.17, 15) is 23.1 Å². The lowest BCUT2D eigenvalue weighted by Gasteiger charge is -2.12. The van der Waals surface area contributed by atoms with Crippen LogP contribution in [0.15, 0.2) is 61.0 Å². The van der Waals surface area contributed by atoms with E-state index in [1.807, 2.05) is 26.0 Å². The molecule has 1 heterocycles. The molecule has 0 unspecified atom stereocenters. The normalized spacial score (nSPS) is 11.7. The van der Waals surface area contributed by atoms with Crippen molar-refractivity contribution in [2.45, 2.75) is 31.3 Å². The van der Waals surface area contributed by atoms with Crippen LogP contribution in [0.25, 0.3) is 11.1 Å². The van der Waals surface area contributed by atoms with Gasteiger partial charge in [0, 0.05) is 33.2 Å². The van der Waals surface area contributed by atoms with Crippen molar-refractivity contribution >= 4 is 27.7 Å². The molecule has 8 heteroatoms. The minimum atomic E-state index is -4.36. The van der Waals surface area contributed by atoms with Crippen molar-refractivity contribution < 1.29 is 22.7 Å². The zero-order valence-corrected chi connectivity index (χ0v) is 18.5. The summed E-state index contributed by atoms with van der Waals surface area (Å²) in [7, 11) is 0. The standard InChI is InChI=1S/C22H18BrF3O3S/c1-12-9-13(2)19(17(23)10-12)20-18(27)11-15(29-21(20)28)7-8-30-16-5-3-14(4-6-16)22(24,25)26/h3-6,9-11,27H,7-8H2,1-2H3. The maximum absolute atomic E-state index is 12.6. The quantitative estimate of drug-likeness (QED) is 0.395. The van der Waals surface area contributed by atoms with E-state index in [0.717, 1.165) is 23.3 Å². The second-order valence-electron chi connectivity index (χ2n) is 6.82. The van der Waals surface area contributed by atoms with Crippen LogP contribution in [0.4, 0.5) is 13.2 Å². The smallest absolute Gasteiger partial charge is 0.416 e. The minimum Gasteiger partial charge on any atom is -0.507 e. The number of aromatic hydroxyl groups is 1. The Balaban J connectivity index is 1.74. The first kappa shape index (κ1) is 22.5. The summed E-state index contributed by atoms with van der Waals surface area (Å²) in [6, 6.07) is 10.1. The van der Waals surface area contributed by atoms with Gasteiger partial charge < -0.3 is 9.52 Å². The second kappa shape index (κ2) is 8.89. The van der Waals surface area contributed by atoms with Gasteiger partial charge in [0.15, 0.2) is 0 Å². The Hall–Kier alpha value is -2.19. The van der Waals surface area contributed by atoms with Gasteiger partial charge in [0.2, 0.25) is 0 Å². The predicted octanol–water partition coefficient (Wildman–Crippen LogP) is 6.75. The molecule has 1 aromatic heterocycles. The fraction of sp³-hybridized carbons (Fsp3) is 0.227. The van der Waals surface area contributed by atoms with Crippen molar-refractivity contribution in [1.29, 1.82) is 0 Å². The summed E-state index contributed by atoms with van der Waals surface area (Å²) in [4.78, 5) is 13.2. The molecule has 0 spiro atoms. The molecule has 0 radical (unpaired) electrons. The maximum Gasteiger partial charge on any atom is 0.416 e. The van der Waals surface area contributed by atoms with Gasteiger partial charge in [-0.3, -0.25) is 0 Å². The number of thioether (sulfide) groups is 1. The third kappa shape index (κ3) is 5.10. The number of alkyl halides is 3. The average molecular weight is 499 g/mol. The molecule has 3 rings (SSSR count). The van der Waals surface area contributed by atoms with E-state index in [4.69, 9.17) is 4.42 Å². The molecule has 1 N–H and O–H groups in total. The fourth-order valence-corrected chi connectivity index (χ4v) is 4.86. The number of halogens is 4. The first-order valence-corrected chi connectivity index (χ1v) is 10.8. The summed E-state index contributed by atoms with van der Waals surface area (Å²) < 4.78 is 43.9. The van der Waals surface area contributed by atoms with Crippen LogP contribution in [0.2, 0.25) is 0 Å². The molecule has 3 nitrogen and oxygen atoms in total. The zero-order valence-electron chi connectivity index (χ0n) is 16.1. The Morgan fingerprint density at radius 3 is 2.30 bits per heavy atom. The first-order chi connectivity index (χ1) is 14.1. The van der Waals surface area contributed by atoms with Crippen LogP contribution in [0.5, 0.6) is 5.75 Å². The van der Waals surface area contributed by atoms with Gasteiger partial charge in [-0.05, 0) is 55.3 Å². The summed E-state index contributed by atoms with van der Waals surface area (Å²) in [6.07, 6.45) is -4.03. The monoisotopic (exact) mass is 498 g/mol. The SMILES string of the molecule is Cc1cc(C)c(-c2c(O)cc(CCSc3ccc(C(F)(F)F)cc3)oc2=O)c(Br)c1. The van der Waals surface area contributed by atoms with E-state index in [-0.39, 0.29) is 11.3 Å². The van der Waals surface area contributed by atoms with Crippen molar-refractivity contribution in [2.75, 3.05) is 5.75 Å². The summed E-state index contributed by atoms with van der Waals surface area (Å²) in [6.45, 7) is 3.78. The predicted molar refractivity (Wildman–Crippen MR) is 115 cm³/mol. The molecule has 3 aromatic rings. The number of hydrogen-bond donors (Lipinski definition) is 1. The molecule has 0 fully saturated rings. The van der Waals surface area contributed by atoms with Crippen LogP contribution in [-0.4, -0.2) is 10.9 Å². The summed E-state index contributed by atoms with van der Waals surface area (Å²) in [5.41, 5.74) is 1.18.